The number of anilines is 1. The summed E-state index contributed by atoms with van der Waals surface area (Å²) in [5, 5.41) is 6.66. The average Bonchev–Trinajstić information content (AvgIpc) is 3.49. The van der Waals surface area contributed by atoms with Crippen LogP contribution in [0.2, 0.25) is 0 Å². The number of thiophene rings is 2. The lowest BCUT2D eigenvalue weighted by Crippen LogP contribution is -2.29. The van der Waals surface area contributed by atoms with Crippen molar-refractivity contribution in [3.63, 3.8) is 0 Å². The van der Waals surface area contributed by atoms with Gasteiger partial charge in [0.15, 0.2) is 0 Å². The van der Waals surface area contributed by atoms with Gasteiger partial charge in [0.2, 0.25) is 0 Å². The van der Waals surface area contributed by atoms with Crippen molar-refractivity contribution in [1.82, 2.24) is 5.32 Å². The molecule has 8 heteroatoms. The van der Waals surface area contributed by atoms with Crippen LogP contribution < -0.4 is 10.6 Å². The van der Waals surface area contributed by atoms with Gasteiger partial charge in [-0.05, 0) is 110 Å². The molecule has 0 radical (unpaired) electrons. The number of ether oxygens (including phenoxy) is 1. The number of hydrogen-bond donors (Lipinski definition) is 2. The normalized spacial score (nSPS) is 18.2. The molecule has 5 rings (SSSR count). The average molecular weight is 538 g/mol. The highest BCUT2D eigenvalue weighted by atomic mass is 79.9. The summed E-state index contributed by atoms with van der Waals surface area (Å²) in [7, 11) is 0. The Bertz CT molecular complexity index is 1020. The second-order valence-electron chi connectivity index (χ2n) is 9.00. The van der Waals surface area contributed by atoms with Crippen molar-refractivity contribution in [3.05, 3.63) is 35.8 Å². The molecule has 3 aliphatic carbocycles. The van der Waals surface area contributed by atoms with Crippen molar-refractivity contribution in [3.8, 4) is 0 Å². The molecule has 2 amide bonds. The van der Waals surface area contributed by atoms with Gasteiger partial charge >= 0.3 is 12.0 Å². The number of amides is 2. The first-order chi connectivity index (χ1) is 15.6. The first-order valence-electron chi connectivity index (χ1n) is 11.8. The van der Waals surface area contributed by atoms with Crippen LogP contribution in [0.5, 0.6) is 0 Å². The quantitative estimate of drug-likeness (QED) is 0.415. The Morgan fingerprint density at radius 1 is 0.906 bits per heavy atom. The number of fused-ring (bicyclic) bond motifs is 2. The summed E-state index contributed by atoms with van der Waals surface area (Å²) in [4.78, 5) is 28.6. The number of carbonyl (C=O) groups excluding carboxylic acids is 2. The second kappa shape index (κ2) is 9.85. The molecule has 2 aromatic heterocycles. The topological polar surface area (TPSA) is 67.4 Å². The molecule has 0 unspecified atom stereocenters. The number of urea groups is 1. The van der Waals surface area contributed by atoms with Crippen LogP contribution in [-0.2, 0) is 37.0 Å². The summed E-state index contributed by atoms with van der Waals surface area (Å²) >= 11 is 7.04. The van der Waals surface area contributed by atoms with E-state index in [1.165, 1.54) is 33.7 Å². The predicted molar refractivity (Wildman–Crippen MR) is 133 cm³/mol. The zero-order valence-corrected chi connectivity index (χ0v) is 21.4. The van der Waals surface area contributed by atoms with Gasteiger partial charge in [0.1, 0.15) is 11.1 Å². The first kappa shape index (κ1) is 22.4. The summed E-state index contributed by atoms with van der Waals surface area (Å²) < 4.78 is 6.95. The van der Waals surface area contributed by atoms with E-state index in [1.807, 2.05) is 0 Å². The lowest BCUT2D eigenvalue weighted by Gasteiger charge is -2.16. The van der Waals surface area contributed by atoms with Crippen LogP contribution in [0.15, 0.2) is 3.79 Å². The Labute approximate surface area is 205 Å². The number of rotatable bonds is 5. The molecule has 172 valence electrons. The Kier molecular flexibility index (Phi) is 6.90. The van der Waals surface area contributed by atoms with Crippen LogP contribution in [0.3, 0.4) is 0 Å². The largest absolute Gasteiger partial charge is 0.459 e. The maximum absolute atomic E-state index is 13.1. The highest BCUT2D eigenvalue weighted by molar-refractivity contribution is 9.11. The Balaban J connectivity index is 1.30. The molecule has 0 saturated heterocycles. The maximum atomic E-state index is 13.1. The van der Waals surface area contributed by atoms with Crippen molar-refractivity contribution in [2.24, 2.45) is 0 Å². The molecule has 2 N–H and O–H groups in total. The minimum absolute atomic E-state index is 0.0189. The van der Waals surface area contributed by atoms with Crippen molar-refractivity contribution < 1.29 is 14.3 Å². The number of esters is 1. The second-order valence-corrected chi connectivity index (χ2v) is 12.5. The highest BCUT2D eigenvalue weighted by Gasteiger charge is 2.30. The van der Waals surface area contributed by atoms with Gasteiger partial charge in [-0.2, -0.15) is 0 Å². The van der Waals surface area contributed by atoms with Gasteiger partial charge in [-0.3, -0.25) is 5.32 Å². The Hall–Kier alpha value is -1.38. The Morgan fingerprint density at radius 2 is 1.56 bits per heavy atom. The minimum Gasteiger partial charge on any atom is -0.459 e. The number of aryl methyl sites for hydroxylation is 2. The van der Waals surface area contributed by atoms with Crippen LogP contribution in [-0.4, -0.2) is 18.1 Å². The molecule has 0 aliphatic heterocycles. The molecule has 1 saturated carbocycles. The fourth-order valence-electron chi connectivity index (χ4n) is 5.18. The van der Waals surface area contributed by atoms with Crippen molar-refractivity contribution in [1.29, 1.82) is 0 Å². The fourth-order valence-corrected chi connectivity index (χ4v) is 8.54. The van der Waals surface area contributed by atoms with Crippen molar-refractivity contribution in [2.75, 3.05) is 5.32 Å². The molecular formula is C24H29BrN2O3S2. The molecule has 0 aromatic carbocycles. The standard InChI is InChI=1S/C24H29BrN2O3S2/c25-21-17(15-9-3-5-11-18(15)31-21)13-26-24(29)27-22-20(16-10-4-6-12-19(16)32-22)23(28)30-14-7-1-2-8-14/h14H,1-13H2,(H2,26,27,29). The zero-order valence-electron chi connectivity index (χ0n) is 18.2. The van der Waals surface area contributed by atoms with Gasteiger partial charge in [0.25, 0.3) is 0 Å². The summed E-state index contributed by atoms with van der Waals surface area (Å²) in [6.45, 7) is 0.491. The molecule has 1 fully saturated rings. The van der Waals surface area contributed by atoms with E-state index in [0.717, 1.165) is 73.6 Å². The fraction of sp³-hybridized carbons (Fsp3) is 0.583. The number of halogens is 1. The molecule has 5 nitrogen and oxygen atoms in total. The van der Waals surface area contributed by atoms with E-state index in [2.05, 4.69) is 26.6 Å². The maximum Gasteiger partial charge on any atom is 0.341 e. The molecule has 0 spiro atoms. The molecular weight excluding hydrogens is 508 g/mol. The van der Waals surface area contributed by atoms with E-state index in [9.17, 15) is 9.59 Å². The lowest BCUT2D eigenvalue weighted by atomic mass is 9.95. The van der Waals surface area contributed by atoms with Crippen LogP contribution in [0.4, 0.5) is 9.80 Å². The number of hydrogen-bond acceptors (Lipinski definition) is 5. The highest BCUT2D eigenvalue weighted by Crippen LogP contribution is 2.40. The third kappa shape index (κ3) is 4.64. The molecule has 2 heterocycles. The summed E-state index contributed by atoms with van der Waals surface area (Å²) in [6.07, 6.45) is 12.9. The van der Waals surface area contributed by atoms with Gasteiger partial charge < -0.3 is 10.1 Å². The predicted octanol–water partition coefficient (Wildman–Crippen LogP) is 6.75. The zero-order chi connectivity index (χ0) is 22.1. The third-order valence-corrected chi connectivity index (χ3v) is 10.1. The molecule has 2 aromatic rings. The van der Waals surface area contributed by atoms with Gasteiger partial charge in [0.05, 0.1) is 9.35 Å². The lowest BCUT2D eigenvalue weighted by molar-refractivity contribution is 0.0318. The summed E-state index contributed by atoms with van der Waals surface area (Å²) in [5.74, 6) is -0.263. The SMILES string of the molecule is O=C(NCc1c(Br)sc2c1CCCC2)Nc1sc2c(c1C(=O)OC1CCCC1)CCCC2. The molecule has 0 atom stereocenters. The van der Waals surface area contributed by atoms with Crippen LogP contribution in [0.1, 0.15) is 88.2 Å². The molecule has 32 heavy (non-hydrogen) atoms. The van der Waals surface area contributed by atoms with Crippen molar-refractivity contribution in [2.45, 2.75) is 89.7 Å². The first-order valence-corrected chi connectivity index (χ1v) is 14.2. The van der Waals surface area contributed by atoms with Gasteiger partial charge in [-0.1, -0.05) is 0 Å². The molecule has 3 aliphatic rings. The minimum atomic E-state index is -0.263. The monoisotopic (exact) mass is 536 g/mol. The van der Waals surface area contributed by atoms with Crippen LogP contribution in [0, 0.1) is 0 Å². The number of carbonyl (C=O) groups is 2. The van der Waals surface area contributed by atoms with E-state index < -0.39 is 0 Å². The summed E-state index contributed by atoms with van der Waals surface area (Å²) in [5.41, 5.74) is 4.29. The number of nitrogens with one attached hydrogen (secondary N) is 2. The van der Waals surface area contributed by atoms with Gasteiger partial charge in [-0.25, -0.2) is 9.59 Å². The Morgan fingerprint density at radius 3 is 2.31 bits per heavy atom. The van der Waals surface area contributed by atoms with Crippen LogP contribution >= 0.6 is 38.6 Å². The van der Waals surface area contributed by atoms with E-state index in [-0.39, 0.29) is 18.1 Å². The van der Waals surface area contributed by atoms with Gasteiger partial charge in [-0.15, -0.1) is 22.7 Å². The van der Waals surface area contributed by atoms with E-state index in [1.54, 1.807) is 22.7 Å². The summed E-state index contributed by atoms with van der Waals surface area (Å²) in [6, 6.07) is -0.263. The molecule has 0 bridgehead atoms. The van der Waals surface area contributed by atoms with E-state index in [0.29, 0.717) is 17.1 Å². The van der Waals surface area contributed by atoms with E-state index in [4.69, 9.17) is 4.74 Å². The van der Waals surface area contributed by atoms with Crippen molar-refractivity contribution >= 4 is 55.6 Å². The van der Waals surface area contributed by atoms with E-state index >= 15 is 0 Å². The van der Waals surface area contributed by atoms with Gasteiger partial charge in [0, 0.05) is 16.3 Å². The smallest absolute Gasteiger partial charge is 0.341 e. The van der Waals surface area contributed by atoms with Crippen LogP contribution in [0.25, 0.3) is 0 Å². The third-order valence-electron chi connectivity index (χ3n) is 6.84.